The molecule has 2 N–H and O–H groups in total. The third-order valence-electron chi connectivity index (χ3n) is 2.81. The van der Waals surface area contributed by atoms with Gasteiger partial charge in [0.05, 0.1) is 11.5 Å². The molecule has 0 unspecified atom stereocenters. The second kappa shape index (κ2) is 8.09. The predicted octanol–water partition coefficient (Wildman–Crippen LogP) is 2.32. The largest absolute Gasteiger partial charge is 0.461 e. The van der Waals surface area contributed by atoms with E-state index in [2.05, 4.69) is 18.0 Å². The average molecular weight is 272 g/mol. The van der Waals surface area contributed by atoms with Gasteiger partial charge in [0, 0.05) is 0 Å². The Labute approximate surface area is 114 Å². The quantitative estimate of drug-likeness (QED) is 0.291. The van der Waals surface area contributed by atoms with Crippen LogP contribution < -0.4 is 0 Å². The summed E-state index contributed by atoms with van der Waals surface area (Å²) in [5.74, 6) is -0.557. The number of ether oxygens (including phenoxy) is 1. The number of aliphatic hydroxyl groups is 1. The highest BCUT2D eigenvalue weighted by molar-refractivity contribution is 5.71. The lowest BCUT2D eigenvalue weighted by Gasteiger charge is -2.22. The van der Waals surface area contributed by atoms with Crippen LogP contribution >= 0.6 is 0 Å². The van der Waals surface area contributed by atoms with Gasteiger partial charge in [-0.25, -0.2) is 4.89 Å². The fourth-order valence-electron chi connectivity index (χ4n) is 1.28. The van der Waals surface area contributed by atoms with E-state index in [4.69, 9.17) is 9.99 Å². The molecule has 19 heavy (non-hydrogen) atoms. The molecule has 5 heteroatoms. The van der Waals surface area contributed by atoms with Crippen LogP contribution in [-0.2, 0) is 14.4 Å². The Hall–Kier alpha value is -1.17. The SMILES string of the molecule is C=C[C@@](C)(O)CC[C@H](OO)C(=C)COC(=O)C(C)C. The van der Waals surface area contributed by atoms with Crippen molar-refractivity contribution in [2.75, 3.05) is 6.61 Å². The van der Waals surface area contributed by atoms with Gasteiger partial charge in [-0.15, -0.1) is 6.58 Å². The second-order valence-corrected chi connectivity index (χ2v) is 5.11. The first-order valence-electron chi connectivity index (χ1n) is 6.24. The molecule has 0 aromatic carbocycles. The molecule has 2 atom stereocenters. The van der Waals surface area contributed by atoms with Crippen molar-refractivity contribution in [1.29, 1.82) is 0 Å². The standard InChI is InChI=1S/C14H24O5/c1-6-14(5,16)8-7-12(19-17)11(4)9-18-13(15)10(2)3/h6,10,12,16-17H,1,4,7-9H2,2-3,5H3/t12-,14+/m0/s1. The molecule has 0 heterocycles. The van der Waals surface area contributed by atoms with Crippen molar-refractivity contribution in [2.24, 2.45) is 5.92 Å². The first kappa shape index (κ1) is 17.8. The Balaban J connectivity index is 4.26. The molecule has 5 nitrogen and oxygen atoms in total. The van der Waals surface area contributed by atoms with Gasteiger partial charge in [0.2, 0.25) is 0 Å². The maximum atomic E-state index is 11.3. The number of esters is 1. The summed E-state index contributed by atoms with van der Waals surface area (Å²) in [6.07, 6.45) is 1.42. The molecule has 0 spiro atoms. The zero-order valence-corrected chi connectivity index (χ0v) is 11.9. The van der Waals surface area contributed by atoms with Gasteiger partial charge in [0.25, 0.3) is 0 Å². The Kier molecular flexibility index (Phi) is 7.59. The van der Waals surface area contributed by atoms with Gasteiger partial charge in [-0.1, -0.05) is 26.5 Å². The third kappa shape index (κ3) is 7.10. The van der Waals surface area contributed by atoms with Crippen LogP contribution in [0.2, 0.25) is 0 Å². The van der Waals surface area contributed by atoms with E-state index in [1.54, 1.807) is 20.8 Å². The topological polar surface area (TPSA) is 76.0 Å². The third-order valence-corrected chi connectivity index (χ3v) is 2.81. The molecule has 0 fully saturated rings. The lowest BCUT2D eigenvalue weighted by Crippen LogP contribution is -2.26. The molecule has 0 aliphatic heterocycles. The van der Waals surface area contributed by atoms with Crippen LogP contribution in [0.4, 0.5) is 0 Å². The van der Waals surface area contributed by atoms with Crippen molar-refractivity contribution in [3.05, 3.63) is 24.8 Å². The summed E-state index contributed by atoms with van der Waals surface area (Å²) in [6, 6.07) is 0. The maximum absolute atomic E-state index is 11.3. The van der Waals surface area contributed by atoms with Crippen LogP contribution in [0.1, 0.15) is 33.6 Å². The molecule has 0 aromatic rings. The smallest absolute Gasteiger partial charge is 0.308 e. The molecule has 0 bridgehead atoms. The fraction of sp³-hybridized carbons (Fsp3) is 0.643. The molecule has 0 aliphatic rings. The van der Waals surface area contributed by atoms with E-state index < -0.39 is 11.7 Å². The lowest BCUT2D eigenvalue weighted by atomic mass is 9.96. The summed E-state index contributed by atoms with van der Waals surface area (Å²) >= 11 is 0. The maximum Gasteiger partial charge on any atom is 0.308 e. The van der Waals surface area contributed by atoms with E-state index >= 15 is 0 Å². The highest BCUT2D eigenvalue weighted by Crippen LogP contribution is 2.19. The minimum atomic E-state index is -1.04. The zero-order chi connectivity index (χ0) is 15.1. The van der Waals surface area contributed by atoms with E-state index in [0.29, 0.717) is 18.4 Å². The zero-order valence-electron chi connectivity index (χ0n) is 11.9. The summed E-state index contributed by atoms with van der Waals surface area (Å²) in [6.45, 7) is 12.3. The van der Waals surface area contributed by atoms with Crippen LogP contribution in [0.3, 0.4) is 0 Å². The van der Waals surface area contributed by atoms with Crippen molar-refractivity contribution in [3.8, 4) is 0 Å². The highest BCUT2D eigenvalue weighted by Gasteiger charge is 2.22. The minimum Gasteiger partial charge on any atom is -0.461 e. The number of carbonyl (C=O) groups is 1. The Morgan fingerprint density at radius 3 is 2.47 bits per heavy atom. The molecule has 0 aliphatic carbocycles. The van der Waals surface area contributed by atoms with Crippen LogP contribution in [0, 0.1) is 5.92 Å². The second-order valence-electron chi connectivity index (χ2n) is 5.11. The Bertz CT molecular complexity index is 320. The van der Waals surface area contributed by atoms with E-state index in [1.807, 2.05) is 0 Å². The Morgan fingerprint density at radius 1 is 1.47 bits per heavy atom. The molecule has 0 aromatic heterocycles. The lowest BCUT2D eigenvalue weighted by molar-refractivity contribution is -0.271. The summed E-state index contributed by atoms with van der Waals surface area (Å²) in [5, 5.41) is 18.6. The number of hydrogen-bond acceptors (Lipinski definition) is 5. The molecule has 0 saturated heterocycles. The molecular formula is C14H24O5. The summed E-state index contributed by atoms with van der Waals surface area (Å²) in [4.78, 5) is 15.6. The molecule has 0 radical (unpaired) electrons. The van der Waals surface area contributed by atoms with Gasteiger partial charge in [-0.2, -0.15) is 0 Å². The van der Waals surface area contributed by atoms with Crippen LogP contribution in [0.25, 0.3) is 0 Å². The van der Waals surface area contributed by atoms with E-state index in [1.165, 1.54) is 6.08 Å². The van der Waals surface area contributed by atoms with Crippen molar-refractivity contribution < 1.29 is 24.8 Å². The monoisotopic (exact) mass is 272 g/mol. The first-order valence-corrected chi connectivity index (χ1v) is 6.24. The van der Waals surface area contributed by atoms with E-state index in [0.717, 1.165) is 0 Å². The van der Waals surface area contributed by atoms with Gasteiger partial charge in [0.15, 0.2) is 0 Å². The Morgan fingerprint density at radius 2 is 2.05 bits per heavy atom. The van der Waals surface area contributed by atoms with Crippen molar-refractivity contribution in [2.45, 2.75) is 45.3 Å². The first-order chi connectivity index (χ1) is 8.73. The van der Waals surface area contributed by atoms with Crippen molar-refractivity contribution in [3.63, 3.8) is 0 Å². The van der Waals surface area contributed by atoms with Gasteiger partial charge in [-0.05, 0) is 25.3 Å². The van der Waals surface area contributed by atoms with Crippen LogP contribution in [0.15, 0.2) is 24.8 Å². The highest BCUT2D eigenvalue weighted by atomic mass is 17.1. The van der Waals surface area contributed by atoms with E-state index in [-0.39, 0.29) is 18.5 Å². The molecule has 110 valence electrons. The number of carbonyl (C=O) groups excluding carboxylic acids is 1. The van der Waals surface area contributed by atoms with Crippen molar-refractivity contribution in [1.82, 2.24) is 0 Å². The number of hydrogen-bond donors (Lipinski definition) is 2. The molecular weight excluding hydrogens is 248 g/mol. The summed E-state index contributed by atoms with van der Waals surface area (Å²) in [5.41, 5.74) is -0.595. The van der Waals surface area contributed by atoms with E-state index in [9.17, 15) is 9.90 Å². The average Bonchev–Trinajstić information content (AvgIpc) is 2.36. The minimum absolute atomic E-state index is 0.0154. The van der Waals surface area contributed by atoms with Crippen LogP contribution in [0.5, 0.6) is 0 Å². The van der Waals surface area contributed by atoms with Gasteiger partial charge in [-0.3, -0.25) is 10.1 Å². The van der Waals surface area contributed by atoms with Gasteiger partial charge < -0.3 is 9.84 Å². The molecule has 0 saturated carbocycles. The summed E-state index contributed by atoms with van der Waals surface area (Å²) in [7, 11) is 0. The van der Waals surface area contributed by atoms with Gasteiger partial charge in [0.1, 0.15) is 12.7 Å². The predicted molar refractivity (Wildman–Crippen MR) is 72.5 cm³/mol. The number of rotatable bonds is 9. The van der Waals surface area contributed by atoms with Crippen LogP contribution in [-0.4, -0.2) is 34.6 Å². The van der Waals surface area contributed by atoms with Gasteiger partial charge >= 0.3 is 5.97 Å². The molecule has 0 rings (SSSR count). The van der Waals surface area contributed by atoms with Crippen molar-refractivity contribution >= 4 is 5.97 Å². The molecule has 0 amide bonds. The normalized spacial score (nSPS) is 15.7. The summed E-state index contributed by atoms with van der Waals surface area (Å²) < 4.78 is 4.99. The fourth-order valence-corrected chi connectivity index (χ4v) is 1.28.